The molecule has 6 nitrogen and oxygen atoms in total. The fraction of sp³-hybridized carbons (Fsp3) is 0.241. The summed E-state index contributed by atoms with van der Waals surface area (Å²) >= 11 is 0. The Kier molecular flexibility index (Phi) is 7.63. The fourth-order valence-corrected chi connectivity index (χ4v) is 4.28. The molecule has 3 aromatic rings. The Morgan fingerprint density at radius 1 is 0.943 bits per heavy atom. The standard InChI is InChI=1S/C29H30N2O4/c1-30(2)17-10-18-31-26(25(28(33)29(31)34)27(32)22-13-7-4-8-14-22)23-15-9-16-24(19-23)35-20-21-11-5-3-6-12-21/h3-9,11-16,19,26,32H,10,17-18,20H2,1-2H3. The van der Waals surface area contributed by atoms with Crippen LogP contribution in [0.4, 0.5) is 0 Å². The van der Waals surface area contributed by atoms with Gasteiger partial charge in [0.25, 0.3) is 11.7 Å². The first kappa shape index (κ1) is 24.2. The lowest BCUT2D eigenvalue weighted by atomic mass is 9.95. The highest BCUT2D eigenvalue weighted by molar-refractivity contribution is 6.46. The van der Waals surface area contributed by atoms with Gasteiger partial charge in [0.2, 0.25) is 0 Å². The molecule has 0 aromatic heterocycles. The maximum Gasteiger partial charge on any atom is 0.295 e. The van der Waals surface area contributed by atoms with Gasteiger partial charge in [0.1, 0.15) is 18.1 Å². The summed E-state index contributed by atoms with van der Waals surface area (Å²) in [4.78, 5) is 29.9. The van der Waals surface area contributed by atoms with Crippen LogP contribution in [0.3, 0.4) is 0 Å². The monoisotopic (exact) mass is 470 g/mol. The van der Waals surface area contributed by atoms with Gasteiger partial charge in [-0.1, -0.05) is 72.8 Å². The smallest absolute Gasteiger partial charge is 0.295 e. The third-order valence-electron chi connectivity index (χ3n) is 6.01. The predicted molar refractivity (Wildman–Crippen MR) is 136 cm³/mol. The molecule has 1 heterocycles. The summed E-state index contributed by atoms with van der Waals surface area (Å²) in [6, 6.07) is 25.4. The number of ether oxygens (including phenoxy) is 1. The van der Waals surface area contributed by atoms with E-state index in [0.717, 1.165) is 17.7 Å². The second-order valence-corrected chi connectivity index (χ2v) is 8.86. The lowest BCUT2D eigenvalue weighted by Crippen LogP contribution is -2.32. The summed E-state index contributed by atoms with van der Waals surface area (Å²) in [6.07, 6.45) is 0.700. The van der Waals surface area contributed by atoms with Crippen molar-refractivity contribution in [1.82, 2.24) is 9.80 Å². The Morgan fingerprint density at radius 2 is 1.63 bits per heavy atom. The number of rotatable bonds is 9. The zero-order valence-electron chi connectivity index (χ0n) is 20.1. The second-order valence-electron chi connectivity index (χ2n) is 8.86. The van der Waals surface area contributed by atoms with Crippen molar-refractivity contribution in [1.29, 1.82) is 0 Å². The van der Waals surface area contributed by atoms with Gasteiger partial charge in [-0.25, -0.2) is 0 Å². The molecule has 0 bridgehead atoms. The number of benzene rings is 3. The third kappa shape index (κ3) is 5.61. The van der Waals surface area contributed by atoms with Crippen molar-refractivity contribution in [2.45, 2.75) is 19.1 Å². The number of carbonyl (C=O) groups excluding carboxylic acids is 2. The molecule has 1 amide bonds. The van der Waals surface area contributed by atoms with Gasteiger partial charge in [0.15, 0.2) is 0 Å². The van der Waals surface area contributed by atoms with Crippen molar-refractivity contribution < 1.29 is 19.4 Å². The first-order chi connectivity index (χ1) is 17.0. The van der Waals surface area contributed by atoms with E-state index in [-0.39, 0.29) is 11.3 Å². The molecule has 1 aliphatic heterocycles. The Labute approximate surface area is 206 Å². The molecule has 6 heteroatoms. The summed E-state index contributed by atoms with van der Waals surface area (Å²) in [5.74, 6) is -0.803. The van der Waals surface area contributed by atoms with Gasteiger partial charge in [-0.2, -0.15) is 0 Å². The van der Waals surface area contributed by atoms with Gasteiger partial charge in [0, 0.05) is 12.1 Å². The van der Waals surface area contributed by atoms with Crippen LogP contribution in [0, 0.1) is 0 Å². The van der Waals surface area contributed by atoms with Crippen molar-refractivity contribution >= 4 is 17.4 Å². The average molecular weight is 471 g/mol. The predicted octanol–water partition coefficient (Wildman–Crippen LogP) is 4.64. The molecule has 0 radical (unpaired) electrons. The van der Waals surface area contributed by atoms with Crippen LogP contribution in [0.2, 0.25) is 0 Å². The molecule has 180 valence electrons. The molecule has 3 aromatic carbocycles. The lowest BCUT2D eigenvalue weighted by molar-refractivity contribution is -0.139. The van der Waals surface area contributed by atoms with Gasteiger partial charge in [0.05, 0.1) is 11.6 Å². The van der Waals surface area contributed by atoms with Gasteiger partial charge >= 0.3 is 0 Å². The first-order valence-electron chi connectivity index (χ1n) is 11.7. The lowest BCUT2D eigenvalue weighted by Gasteiger charge is -2.26. The van der Waals surface area contributed by atoms with Crippen LogP contribution >= 0.6 is 0 Å². The Bertz CT molecular complexity index is 1210. The number of carbonyl (C=O) groups is 2. The largest absolute Gasteiger partial charge is 0.507 e. The van der Waals surface area contributed by atoms with E-state index < -0.39 is 17.7 Å². The van der Waals surface area contributed by atoms with Crippen molar-refractivity contribution in [3.63, 3.8) is 0 Å². The minimum atomic E-state index is -0.697. The van der Waals surface area contributed by atoms with Crippen molar-refractivity contribution in [2.24, 2.45) is 0 Å². The zero-order chi connectivity index (χ0) is 24.8. The average Bonchev–Trinajstić information content (AvgIpc) is 3.13. The van der Waals surface area contributed by atoms with Crippen molar-refractivity contribution in [2.75, 3.05) is 27.2 Å². The molecule has 35 heavy (non-hydrogen) atoms. The molecule has 1 aliphatic rings. The number of likely N-dealkylation sites (tertiary alicyclic amines) is 1. The van der Waals surface area contributed by atoms with Crippen molar-refractivity contribution in [3.05, 3.63) is 107 Å². The van der Waals surface area contributed by atoms with Gasteiger partial charge in [-0.05, 0) is 50.3 Å². The van der Waals surface area contributed by atoms with Crippen LogP contribution in [0.15, 0.2) is 90.5 Å². The molecular weight excluding hydrogens is 440 g/mol. The zero-order valence-corrected chi connectivity index (χ0v) is 20.1. The number of hydrogen-bond acceptors (Lipinski definition) is 5. The van der Waals surface area contributed by atoms with Gasteiger partial charge < -0.3 is 19.6 Å². The third-order valence-corrected chi connectivity index (χ3v) is 6.01. The molecule has 4 rings (SSSR count). The molecule has 0 spiro atoms. The van der Waals surface area contributed by atoms with Crippen molar-refractivity contribution in [3.8, 4) is 5.75 Å². The highest BCUT2D eigenvalue weighted by atomic mass is 16.5. The van der Waals surface area contributed by atoms with E-state index in [2.05, 4.69) is 0 Å². The van der Waals surface area contributed by atoms with Crippen LogP contribution in [-0.2, 0) is 16.2 Å². The summed E-state index contributed by atoms with van der Waals surface area (Å²) in [5.41, 5.74) is 2.36. The number of amides is 1. The minimum Gasteiger partial charge on any atom is -0.507 e. The van der Waals surface area contributed by atoms with E-state index >= 15 is 0 Å². The number of hydrogen-bond donors (Lipinski definition) is 1. The molecule has 1 N–H and O–H groups in total. The molecule has 1 unspecified atom stereocenters. The topological polar surface area (TPSA) is 70.1 Å². The van der Waals surface area contributed by atoms with E-state index in [4.69, 9.17) is 4.74 Å². The van der Waals surface area contributed by atoms with E-state index in [0.29, 0.717) is 30.9 Å². The maximum atomic E-state index is 13.2. The number of aliphatic hydroxyl groups excluding tert-OH is 1. The molecule has 0 aliphatic carbocycles. The molecule has 0 saturated carbocycles. The fourth-order valence-electron chi connectivity index (χ4n) is 4.28. The maximum absolute atomic E-state index is 13.2. The summed E-state index contributed by atoms with van der Waals surface area (Å²) in [7, 11) is 3.93. The molecular formula is C29H30N2O4. The van der Waals surface area contributed by atoms with E-state index in [1.165, 1.54) is 0 Å². The second kappa shape index (κ2) is 11.0. The van der Waals surface area contributed by atoms with E-state index in [1.54, 1.807) is 29.2 Å². The Hall–Kier alpha value is -3.90. The quantitative estimate of drug-likeness (QED) is 0.280. The minimum absolute atomic E-state index is 0.103. The number of aliphatic hydroxyl groups is 1. The SMILES string of the molecule is CN(C)CCCN1C(=O)C(=O)C(=C(O)c2ccccc2)C1c1cccc(OCc2ccccc2)c1. The number of Topliss-reactive ketones (excluding diaryl/α,β-unsaturated/α-hetero) is 1. The van der Waals surface area contributed by atoms with Crippen LogP contribution < -0.4 is 4.74 Å². The summed E-state index contributed by atoms with van der Waals surface area (Å²) < 4.78 is 6.00. The van der Waals surface area contributed by atoms with Crippen LogP contribution in [0.5, 0.6) is 5.75 Å². The van der Waals surface area contributed by atoms with Crippen LogP contribution in [0.1, 0.15) is 29.2 Å². The Morgan fingerprint density at radius 3 is 2.31 bits per heavy atom. The number of ketones is 1. The normalized spacial score (nSPS) is 17.2. The van der Waals surface area contributed by atoms with Gasteiger partial charge in [-0.15, -0.1) is 0 Å². The number of nitrogens with zero attached hydrogens (tertiary/aromatic N) is 2. The van der Waals surface area contributed by atoms with Crippen LogP contribution in [-0.4, -0.2) is 53.8 Å². The van der Waals surface area contributed by atoms with E-state index in [9.17, 15) is 14.7 Å². The first-order valence-corrected chi connectivity index (χ1v) is 11.7. The molecule has 1 fully saturated rings. The highest BCUT2D eigenvalue weighted by Crippen LogP contribution is 2.40. The van der Waals surface area contributed by atoms with Gasteiger partial charge in [-0.3, -0.25) is 9.59 Å². The molecule has 1 atom stereocenters. The summed E-state index contributed by atoms with van der Waals surface area (Å²) in [6.45, 7) is 1.57. The van der Waals surface area contributed by atoms with Crippen LogP contribution in [0.25, 0.3) is 5.76 Å². The summed E-state index contributed by atoms with van der Waals surface area (Å²) in [5, 5.41) is 11.1. The van der Waals surface area contributed by atoms with E-state index in [1.807, 2.05) is 79.7 Å². The Balaban J connectivity index is 1.70. The molecule has 1 saturated heterocycles. The highest BCUT2D eigenvalue weighted by Gasteiger charge is 2.45.